The molecule has 1 unspecified atom stereocenters. The molecule has 2 aromatic heterocycles. The zero-order valence-electron chi connectivity index (χ0n) is 13.4. The third-order valence-corrected chi connectivity index (χ3v) is 3.73. The fourth-order valence-electron chi connectivity index (χ4n) is 2.69. The van der Waals surface area contributed by atoms with Crippen molar-refractivity contribution in [2.24, 2.45) is 0 Å². The number of aromatic amines is 1. The molecular weight excluding hydrogens is 294 g/mol. The molecule has 1 atom stereocenters. The quantitative estimate of drug-likeness (QED) is 0.896. The van der Waals surface area contributed by atoms with Crippen molar-refractivity contribution < 1.29 is 9.53 Å². The van der Waals surface area contributed by atoms with Gasteiger partial charge in [0.05, 0.1) is 12.2 Å². The molecular formula is C16H21N5O2. The number of aromatic nitrogens is 3. The molecule has 0 bridgehead atoms. The normalized spacial score (nSPS) is 17.7. The molecule has 1 saturated heterocycles. The summed E-state index contributed by atoms with van der Waals surface area (Å²) in [4.78, 5) is 20.5. The minimum atomic E-state index is -0.0309. The second-order valence-corrected chi connectivity index (χ2v) is 5.97. The summed E-state index contributed by atoms with van der Waals surface area (Å²) in [5, 5.41) is 6.53. The van der Waals surface area contributed by atoms with Crippen LogP contribution < -0.4 is 4.74 Å². The van der Waals surface area contributed by atoms with Gasteiger partial charge in [0.25, 0.3) is 5.91 Å². The van der Waals surface area contributed by atoms with Crippen LogP contribution in [0.2, 0.25) is 0 Å². The van der Waals surface area contributed by atoms with Crippen LogP contribution in [0.15, 0.2) is 30.6 Å². The van der Waals surface area contributed by atoms with Crippen molar-refractivity contribution in [2.45, 2.75) is 19.1 Å². The van der Waals surface area contributed by atoms with E-state index in [-0.39, 0.29) is 12.0 Å². The molecule has 2 aromatic rings. The number of pyridine rings is 1. The second kappa shape index (κ2) is 6.78. The first-order valence-electron chi connectivity index (χ1n) is 7.67. The van der Waals surface area contributed by atoms with E-state index in [1.165, 1.54) is 0 Å². The molecule has 0 aliphatic carbocycles. The number of rotatable bonds is 5. The summed E-state index contributed by atoms with van der Waals surface area (Å²) in [6.45, 7) is 2.05. The monoisotopic (exact) mass is 315 g/mol. The Bertz CT molecular complexity index is 656. The molecule has 1 aliphatic heterocycles. The number of amides is 1. The van der Waals surface area contributed by atoms with Crippen LogP contribution in [0.5, 0.6) is 5.75 Å². The average molecular weight is 315 g/mol. The summed E-state index contributed by atoms with van der Waals surface area (Å²) in [7, 11) is 4.01. The number of ether oxygens (including phenoxy) is 1. The minimum absolute atomic E-state index is 0.0106. The number of hydrogen-bond donors (Lipinski definition) is 1. The molecule has 1 fully saturated rings. The number of carbonyl (C=O) groups is 1. The Labute approximate surface area is 135 Å². The van der Waals surface area contributed by atoms with Crippen molar-refractivity contribution in [3.63, 3.8) is 0 Å². The number of H-pyrrole nitrogens is 1. The highest BCUT2D eigenvalue weighted by Crippen LogP contribution is 2.20. The Balaban J connectivity index is 1.59. The van der Waals surface area contributed by atoms with Crippen LogP contribution in [0.4, 0.5) is 0 Å². The zero-order chi connectivity index (χ0) is 16.2. The lowest BCUT2D eigenvalue weighted by Crippen LogP contribution is -2.31. The van der Waals surface area contributed by atoms with Crippen LogP contribution >= 0.6 is 0 Å². The molecule has 0 spiro atoms. The molecule has 7 heteroatoms. The molecule has 23 heavy (non-hydrogen) atoms. The maximum absolute atomic E-state index is 12.3. The van der Waals surface area contributed by atoms with Crippen molar-refractivity contribution in [1.82, 2.24) is 25.0 Å². The predicted octanol–water partition coefficient (Wildman–Crippen LogP) is 1.16. The van der Waals surface area contributed by atoms with E-state index in [9.17, 15) is 4.79 Å². The Kier molecular flexibility index (Phi) is 4.57. The van der Waals surface area contributed by atoms with Gasteiger partial charge in [0.2, 0.25) is 0 Å². The van der Waals surface area contributed by atoms with Crippen molar-refractivity contribution in [1.29, 1.82) is 0 Å². The fraction of sp³-hybridized carbons (Fsp3) is 0.438. The van der Waals surface area contributed by atoms with E-state index in [4.69, 9.17) is 4.74 Å². The molecule has 0 aromatic carbocycles. The number of likely N-dealkylation sites (tertiary alicyclic amines) is 1. The number of nitrogens with one attached hydrogen (secondary N) is 1. The van der Waals surface area contributed by atoms with Crippen LogP contribution in [0.25, 0.3) is 0 Å². The van der Waals surface area contributed by atoms with Crippen molar-refractivity contribution in [3.8, 4) is 5.75 Å². The maximum Gasteiger partial charge on any atom is 0.271 e. The van der Waals surface area contributed by atoms with Crippen molar-refractivity contribution >= 4 is 5.91 Å². The molecule has 3 rings (SSSR count). The Morgan fingerprint density at radius 2 is 2.30 bits per heavy atom. The molecule has 3 heterocycles. The molecule has 122 valence electrons. The maximum atomic E-state index is 12.3. The smallest absolute Gasteiger partial charge is 0.271 e. The third kappa shape index (κ3) is 3.87. The minimum Gasteiger partial charge on any atom is -0.488 e. The van der Waals surface area contributed by atoms with E-state index in [0.29, 0.717) is 18.8 Å². The summed E-state index contributed by atoms with van der Waals surface area (Å²) in [5.74, 6) is 0.773. The summed E-state index contributed by atoms with van der Waals surface area (Å²) in [6.07, 6.45) is 4.18. The second-order valence-electron chi connectivity index (χ2n) is 5.97. The van der Waals surface area contributed by atoms with E-state index in [1.807, 2.05) is 26.2 Å². The molecule has 0 saturated carbocycles. The van der Waals surface area contributed by atoms with Crippen molar-refractivity contribution in [2.75, 3.05) is 27.2 Å². The first-order valence-corrected chi connectivity index (χ1v) is 7.67. The molecule has 0 radical (unpaired) electrons. The van der Waals surface area contributed by atoms with Gasteiger partial charge in [-0.25, -0.2) is 0 Å². The largest absolute Gasteiger partial charge is 0.488 e. The number of hydrogen-bond acceptors (Lipinski definition) is 5. The lowest BCUT2D eigenvalue weighted by atomic mass is 10.3. The van der Waals surface area contributed by atoms with Crippen molar-refractivity contribution in [3.05, 3.63) is 42.0 Å². The SMILES string of the molecule is CN(C)Cc1cc(OC2CCN(C(=O)c3ccn[nH]3)C2)ccn1. The number of nitrogens with zero attached hydrogens (tertiary/aromatic N) is 4. The Morgan fingerprint density at radius 1 is 1.43 bits per heavy atom. The lowest BCUT2D eigenvalue weighted by molar-refractivity contribution is 0.0766. The van der Waals surface area contributed by atoms with E-state index in [1.54, 1.807) is 23.4 Å². The highest BCUT2D eigenvalue weighted by Gasteiger charge is 2.28. The standard InChI is InChI=1S/C16H21N5O2/c1-20(2)10-12-9-13(3-6-17-12)23-14-5-8-21(11-14)16(22)15-4-7-18-19-15/h3-4,6-7,9,14H,5,8,10-11H2,1-2H3,(H,18,19). The van der Waals surface area contributed by atoms with E-state index in [0.717, 1.165) is 24.4 Å². The van der Waals surface area contributed by atoms with Crippen LogP contribution in [0.1, 0.15) is 22.6 Å². The first-order chi connectivity index (χ1) is 11.1. The van der Waals surface area contributed by atoms with Gasteiger partial charge in [-0.15, -0.1) is 0 Å². The van der Waals surface area contributed by atoms with Gasteiger partial charge in [-0.3, -0.25) is 14.9 Å². The van der Waals surface area contributed by atoms with Crippen LogP contribution in [0, 0.1) is 0 Å². The van der Waals surface area contributed by atoms with Gasteiger partial charge in [-0.2, -0.15) is 5.10 Å². The topological polar surface area (TPSA) is 74.3 Å². The molecule has 1 N–H and O–H groups in total. The van der Waals surface area contributed by atoms with Gasteiger partial charge in [0.1, 0.15) is 17.5 Å². The zero-order valence-corrected chi connectivity index (χ0v) is 13.4. The van der Waals surface area contributed by atoms with E-state index < -0.39 is 0 Å². The summed E-state index contributed by atoms with van der Waals surface area (Å²) >= 11 is 0. The van der Waals surface area contributed by atoms with Gasteiger partial charge in [-0.05, 0) is 26.2 Å². The summed E-state index contributed by atoms with van der Waals surface area (Å²) in [5.41, 5.74) is 1.48. The van der Waals surface area contributed by atoms with E-state index in [2.05, 4.69) is 20.1 Å². The van der Waals surface area contributed by atoms with Gasteiger partial charge in [0, 0.05) is 38.0 Å². The third-order valence-electron chi connectivity index (χ3n) is 3.73. The first kappa shape index (κ1) is 15.5. The average Bonchev–Trinajstić information content (AvgIpc) is 3.17. The van der Waals surface area contributed by atoms with E-state index >= 15 is 0 Å². The van der Waals surface area contributed by atoms with Gasteiger partial charge in [-0.1, -0.05) is 0 Å². The van der Waals surface area contributed by atoms with Crippen LogP contribution in [0.3, 0.4) is 0 Å². The van der Waals surface area contributed by atoms with Crippen LogP contribution in [-0.4, -0.2) is 64.2 Å². The highest BCUT2D eigenvalue weighted by atomic mass is 16.5. The lowest BCUT2D eigenvalue weighted by Gasteiger charge is -2.17. The molecule has 7 nitrogen and oxygen atoms in total. The predicted molar refractivity (Wildman–Crippen MR) is 85.2 cm³/mol. The summed E-state index contributed by atoms with van der Waals surface area (Å²) < 4.78 is 6.02. The Hall–Kier alpha value is -2.41. The molecule has 1 aliphatic rings. The fourth-order valence-corrected chi connectivity index (χ4v) is 2.69. The Morgan fingerprint density at radius 3 is 3.04 bits per heavy atom. The number of carbonyl (C=O) groups excluding carboxylic acids is 1. The van der Waals surface area contributed by atoms with Crippen LogP contribution in [-0.2, 0) is 6.54 Å². The highest BCUT2D eigenvalue weighted by molar-refractivity contribution is 5.92. The van der Waals surface area contributed by atoms with Gasteiger partial charge >= 0.3 is 0 Å². The van der Waals surface area contributed by atoms with Gasteiger partial charge in [0.15, 0.2) is 0 Å². The van der Waals surface area contributed by atoms with Gasteiger partial charge < -0.3 is 14.5 Å². The summed E-state index contributed by atoms with van der Waals surface area (Å²) in [6, 6.07) is 5.50. The molecule has 1 amide bonds.